The lowest BCUT2D eigenvalue weighted by atomic mass is 9.78. The second-order valence-corrected chi connectivity index (χ2v) is 5.70. The quantitative estimate of drug-likeness (QED) is 0.755. The van der Waals surface area contributed by atoms with E-state index in [9.17, 15) is 5.11 Å². The third-order valence-electron chi connectivity index (χ3n) is 4.66. The van der Waals surface area contributed by atoms with Crippen LogP contribution in [0.4, 0.5) is 0 Å². The molecule has 0 amide bonds. The fourth-order valence-corrected chi connectivity index (χ4v) is 3.56. The van der Waals surface area contributed by atoms with Crippen molar-refractivity contribution in [2.75, 3.05) is 14.2 Å². The Bertz CT molecular complexity index is 243. The molecule has 0 aromatic rings. The molecule has 18 heavy (non-hydrogen) atoms. The van der Waals surface area contributed by atoms with E-state index in [4.69, 9.17) is 9.47 Å². The number of aliphatic hydroxyl groups excluding tert-OH is 1. The number of hydrogen-bond donors (Lipinski definition) is 2. The van der Waals surface area contributed by atoms with Crippen LogP contribution in [-0.4, -0.2) is 37.9 Å². The second-order valence-electron chi connectivity index (χ2n) is 5.70. The third-order valence-corrected chi connectivity index (χ3v) is 4.66. The summed E-state index contributed by atoms with van der Waals surface area (Å²) in [6.45, 7) is 0. The molecule has 1 aliphatic heterocycles. The van der Waals surface area contributed by atoms with Crippen molar-refractivity contribution in [2.24, 2.45) is 11.8 Å². The Morgan fingerprint density at radius 1 is 1.06 bits per heavy atom. The van der Waals surface area contributed by atoms with Gasteiger partial charge in [-0.1, -0.05) is 19.3 Å². The summed E-state index contributed by atoms with van der Waals surface area (Å²) in [7, 11) is 3.25. The lowest BCUT2D eigenvalue weighted by Crippen LogP contribution is -2.54. The zero-order valence-electron chi connectivity index (χ0n) is 11.6. The molecule has 0 aromatic heterocycles. The van der Waals surface area contributed by atoms with Gasteiger partial charge in [-0.05, 0) is 31.6 Å². The molecular weight excluding hydrogens is 230 g/mol. The van der Waals surface area contributed by atoms with Crippen LogP contribution in [0.15, 0.2) is 0 Å². The molecule has 0 spiro atoms. The molecule has 4 unspecified atom stereocenters. The van der Waals surface area contributed by atoms with Gasteiger partial charge in [-0.3, -0.25) is 5.32 Å². The van der Waals surface area contributed by atoms with Crippen LogP contribution in [0.3, 0.4) is 0 Å². The minimum atomic E-state index is -0.727. The first-order valence-electron chi connectivity index (χ1n) is 7.26. The molecule has 2 rings (SSSR count). The van der Waals surface area contributed by atoms with Crippen LogP contribution in [0.5, 0.6) is 0 Å². The van der Waals surface area contributed by atoms with Crippen molar-refractivity contribution in [1.29, 1.82) is 0 Å². The van der Waals surface area contributed by atoms with Gasteiger partial charge in [0.1, 0.15) is 6.23 Å². The van der Waals surface area contributed by atoms with Crippen molar-refractivity contribution in [2.45, 2.75) is 63.5 Å². The van der Waals surface area contributed by atoms with Gasteiger partial charge < -0.3 is 14.6 Å². The molecule has 0 bridgehead atoms. The van der Waals surface area contributed by atoms with Crippen LogP contribution in [0.2, 0.25) is 0 Å². The Hall–Kier alpha value is -0.160. The topological polar surface area (TPSA) is 50.7 Å². The zero-order valence-corrected chi connectivity index (χ0v) is 11.6. The normalized spacial score (nSPS) is 36.5. The molecule has 106 valence electrons. The van der Waals surface area contributed by atoms with Crippen LogP contribution >= 0.6 is 0 Å². The first kappa shape index (κ1) is 14.3. The van der Waals surface area contributed by atoms with E-state index in [0.717, 1.165) is 18.8 Å². The number of piperidine rings is 1. The molecule has 1 saturated carbocycles. The van der Waals surface area contributed by atoms with Gasteiger partial charge in [-0.25, -0.2) is 0 Å². The van der Waals surface area contributed by atoms with Gasteiger partial charge in [0, 0.05) is 26.2 Å². The number of aliphatic hydroxyl groups is 1. The first-order chi connectivity index (χ1) is 8.76. The summed E-state index contributed by atoms with van der Waals surface area (Å²) >= 11 is 0. The molecule has 4 nitrogen and oxygen atoms in total. The highest BCUT2D eigenvalue weighted by Crippen LogP contribution is 2.33. The van der Waals surface area contributed by atoms with E-state index in [-0.39, 0.29) is 12.1 Å². The molecule has 1 saturated heterocycles. The Balaban J connectivity index is 1.90. The highest BCUT2D eigenvalue weighted by Gasteiger charge is 2.37. The van der Waals surface area contributed by atoms with E-state index in [0.29, 0.717) is 6.04 Å². The predicted molar refractivity (Wildman–Crippen MR) is 70.0 cm³/mol. The number of ether oxygens (including phenoxy) is 2. The number of hydrogen-bond acceptors (Lipinski definition) is 4. The largest absolute Gasteiger partial charge is 0.368 e. The van der Waals surface area contributed by atoms with Crippen molar-refractivity contribution in [3.63, 3.8) is 0 Å². The average Bonchev–Trinajstić information content (AvgIpc) is 2.46. The van der Waals surface area contributed by atoms with E-state index >= 15 is 0 Å². The van der Waals surface area contributed by atoms with Gasteiger partial charge in [0.25, 0.3) is 0 Å². The Morgan fingerprint density at radius 3 is 2.39 bits per heavy atom. The predicted octanol–water partition coefficient (Wildman–Crippen LogP) is 1.87. The van der Waals surface area contributed by atoms with E-state index in [2.05, 4.69) is 5.32 Å². The Morgan fingerprint density at radius 2 is 1.78 bits per heavy atom. The van der Waals surface area contributed by atoms with E-state index in [1.165, 1.54) is 32.1 Å². The minimum absolute atomic E-state index is 0.0415. The van der Waals surface area contributed by atoms with Crippen molar-refractivity contribution in [3.05, 3.63) is 0 Å². The van der Waals surface area contributed by atoms with Crippen LogP contribution in [0, 0.1) is 11.8 Å². The smallest absolute Gasteiger partial charge is 0.160 e. The molecule has 4 atom stereocenters. The highest BCUT2D eigenvalue weighted by molar-refractivity contribution is 4.88. The van der Waals surface area contributed by atoms with Crippen molar-refractivity contribution in [1.82, 2.24) is 5.32 Å². The maximum atomic E-state index is 9.84. The fourth-order valence-electron chi connectivity index (χ4n) is 3.56. The molecular formula is C14H27NO3. The molecule has 0 radical (unpaired) electrons. The molecule has 2 aliphatic rings. The van der Waals surface area contributed by atoms with Gasteiger partial charge in [0.05, 0.1) is 0 Å². The van der Waals surface area contributed by atoms with Crippen molar-refractivity contribution < 1.29 is 14.6 Å². The Kier molecular flexibility index (Phi) is 5.42. The Labute approximate surface area is 110 Å². The van der Waals surface area contributed by atoms with Crippen LogP contribution < -0.4 is 5.32 Å². The van der Waals surface area contributed by atoms with Gasteiger partial charge in [0.2, 0.25) is 0 Å². The molecule has 1 heterocycles. The SMILES string of the molecule is COC(O)C1CCC(C2CCCCC2)NC1OC. The fraction of sp³-hybridized carbons (Fsp3) is 1.00. The summed E-state index contributed by atoms with van der Waals surface area (Å²) in [4.78, 5) is 0. The molecule has 2 fully saturated rings. The highest BCUT2D eigenvalue weighted by atomic mass is 16.6. The van der Waals surface area contributed by atoms with Crippen LogP contribution in [0.1, 0.15) is 44.9 Å². The summed E-state index contributed by atoms with van der Waals surface area (Å²) < 4.78 is 10.5. The molecule has 4 heteroatoms. The van der Waals surface area contributed by atoms with E-state index in [1.807, 2.05) is 0 Å². The van der Waals surface area contributed by atoms with E-state index < -0.39 is 6.29 Å². The number of nitrogens with one attached hydrogen (secondary N) is 1. The standard InChI is InChI=1S/C14H27NO3/c1-17-13-11(14(16)18-2)8-9-12(15-13)10-6-4-3-5-7-10/h10-16H,3-9H2,1-2H3. The molecule has 0 aromatic carbocycles. The summed E-state index contributed by atoms with van der Waals surface area (Å²) in [6, 6.07) is 0.551. The average molecular weight is 257 g/mol. The third kappa shape index (κ3) is 3.23. The maximum absolute atomic E-state index is 9.84. The van der Waals surface area contributed by atoms with Gasteiger partial charge >= 0.3 is 0 Å². The maximum Gasteiger partial charge on any atom is 0.160 e. The summed E-state index contributed by atoms with van der Waals surface area (Å²) in [6.07, 6.45) is 8.08. The number of rotatable bonds is 4. The molecule has 1 aliphatic carbocycles. The molecule has 2 N–H and O–H groups in total. The van der Waals surface area contributed by atoms with Crippen molar-refractivity contribution in [3.8, 4) is 0 Å². The summed E-state index contributed by atoms with van der Waals surface area (Å²) in [5, 5.41) is 13.4. The number of methoxy groups -OCH3 is 2. The summed E-state index contributed by atoms with van der Waals surface area (Å²) in [5.41, 5.74) is 0. The minimum Gasteiger partial charge on any atom is -0.368 e. The first-order valence-corrected chi connectivity index (χ1v) is 7.26. The lowest BCUT2D eigenvalue weighted by Gasteiger charge is -2.42. The van der Waals surface area contributed by atoms with Crippen LogP contribution in [0.25, 0.3) is 0 Å². The van der Waals surface area contributed by atoms with E-state index in [1.54, 1.807) is 14.2 Å². The monoisotopic (exact) mass is 257 g/mol. The van der Waals surface area contributed by atoms with Crippen molar-refractivity contribution >= 4 is 0 Å². The zero-order chi connectivity index (χ0) is 13.0. The van der Waals surface area contributed by atoms with Gasteiger partial charge in [-0.15, -0.1) is 0 Å². The van der Waals surface area contributed by atoms with Crippen LogP contribution in [-0.2, 0) is 9.47 Å². The van der Waals surface area contributed by atoms with Gasteiger partial charge in [-0.2, -0.15) is 0 Å². The summed E-state index contributed by atoms with van der Waals surface area (Å²) in [5.74, 6) is 0.830. The van der Waals surface area contributed by atoms with Gasteiger partial charge in [0.15, 0.2) is 6.29 Å². The lowest BCUT2D eigenvalue weighted by molar-refractivity contribution is -0.166. The second kappa shape index (κ2) is 6.85.